The van der Waals surface area contributed by atoms with Gasteiger partial charge in [0.2, 0.25) is 5.78 Å². The molecular formula is C19H16N2O3. The minimum atomic E-state index is -0.0954. The SMILES string of the molecule is O=C1/C(=C/c2ccccn2)Oc2c1ccc1c2CN(C2CC2)CO1. The van der Waals surface area contributed by atoms with Crippen molar-refractivity contribution >= 4 is 11.9 Å². The molecule has 120 valence electrons. The van der Waals surface area contributed by atoms with Gasteiger partial charge in [0.15, 0.2) is 5.76 Å². The van der Waals surface area contributed by atoms with Crippen molar-refractivity contribution in [3.05, 3.63) is 59.1 Å². The summed E-state index contributed by atoms with van der Waals surface area (Å²) in [5.74, 6) is 1.69. The van der Waals surface area contributed by atoms with E-state index in [1.165, 1.54) is 12.8 Å². The number of ether oxygens (including phenoxy) is 2. The molecule has 1 aliphatic carbocycles. The van der Waals surface area contributed by atoms with Gasteiger partial charge in [-0.15, -0.1) is 0 Å². The Morgan fingerprint density at radius 2 is 2.12 bits per heavy atom. The molecular weight excluding hydrogens is 304 g/mol. The molecule has 1 saturated carbocycles. The van der Waals surface area contributed by atoms with Gasteiger partial charge in [-0.05, 0) is 37.1 Å². The number of aromatic nitrogens is 1. The monoisotopic (exact) mass is 320 g/mol. The maximum atomic E-state index is 12.6. The van der Waals surface area contributed by atoms with Gasteiger partial charge in [0.25, 0.3) is 0 Å². The van der Waals surface area contributed by atoms with Crippen LogP contribution in [0.2, 0.25) is 0 Å². The van der Waals surface area contributed by atoms with Crippen LogP contribution in [0.25, 0.3) is 6.08 Å². The highest BCUT2D eigenvalue weighted by atomic mass is 16.5. The molecule has 0 unspecified atom stereocenters. The second-order valence-corrected chi connectivity index (χ2v) is 6.36. The summed E-state index contributed by atoms with van der Waals surface area (Å²) in [6.07, 6.45) is 5.83. The van der Waals surface area contributed by atoms with Crippen LogP contribution in [-0.2, 0) is 6.54 Å². The maximum Gasteiger partial charge on any atom is 0.232 e. The topological polar surface area (TPSA) is 51.7 Å². The van der Waals surface area contributed by atoms with Gasteiger partial charge in [-0.2, -0.15) is 0 Å². The largest absolute Gasteiger partial charge is 0.478 e. The van der Waals surface area contributed by atoms with Gasteiger partial charge in [-0.25, -0.2) is 0 Å². The van der Waals surface area contributed by atoms with E-state index >= 15 is 0 Å². The minimum absolute atomic E-state index is 0.0954. The molecule has 0 saturated heterocycles. The van der Waals surface area contributed by atoms with Crippen LogP contribution >= 0.6 is 0 Å². The number of pyridine rings is 1. The number of allylic oxidation sites excluding steroid dienone is 1. The van der Waals surface area contributed by atoms with Gasteiger partial charge in [0.05, 0.1) is 16.8 Å². The Hall–Kier alpha value is -2.66. The molecule has 24 heavy (non-hydrogen) atoms. The van der Waals surface area contributed by atoms with Crippen LogP contribution in [0.4, 0.5) is 0 Å². The van der Waals surface area contributed by atoms with E-state index in [-0.39, 0.29) is 5.78 Å². The fourth-order valence-corrected chi connectivity index (χ4v) is 3.25. The van der Waals surface area contributed by atoms with Crippen molar-refractivity contribution in [2.24, 2.45) is 0 Å². The second-order valence-electron chi connectivity index (χ2n) is 6.36. The zero-order valence-corrected chi connectivity index (χ0v) is 13.1. The number of nitrogens with zero attached hydrogens (tertiary/aromatic N) is 2. The van der Waals surface area contributed by atoms with Crippen molar-refractivity contribution in [2.45, 2.75) is 25.4 Å². The van der Waals surface area contributed by atoms with E-state index in [1.54, 1.807) is 18.3 Å². The van der Waals surface area contributed by atoms with Crippen LogP contribution in [0.3, 0.4) is 0 Å². The summed E-state index contributed by atoms with van der Waals surface area (Å²) >= 11 is 0. The molecule has 1 fully saturated rings. The predicted molar refractivity (Wildman–Crippen MR) is 87.7 cm³/mol. The predicted octanol–water partition coefficient (Wildman–Crippen LogP) is 3.01. The number of hydrogen-bond donors (Lipinski definition) is 0. The van der Waals surface area contributed by atoms with Crippen LogP contribution in [0.1, 0.15) is 34.5 Å². The molecule has 0 atom stereocenters. The van der Waals surface area contributed by atoms with E-state index in [4.69, 9.17) is 9.47 Å². The maximum absolute atomic E-state index is 12.6. The molecule has 3 heterocycles. The van der Waals surface area contributed by atoms with E-state index in [0.717, 1.165) is 17.9 Å². The first kappa shape index (κ1) is 13.7. The number of hydrogen-bond acceptors (Lipinski definition) is 5. The highest BCUT2D eigenvalue weighted by Crippen LogP contribution is 2.43. The number of benzene rings is 1. The van der Waals surface area contributed by atoms with Gasteiger partial charge in [0.1, 0.15) is 18.2 Å². The third-order valence-electron chi connectivity index (χ3n) is 4.68. The Morgan fingerprint density at radius 3 is 2.92 bits per heavy atom. The molecule has 0 spiro atoms. The van der Waals surface area contributed by atoms with Crippen LogP contribution in [-0.4, -0.2) is 28.4 Å². The molecule has 3 aliphatic rings. The van der Waals surface area contributed by atoms with Gasteiger partial charge in [0, 0.05) is 24.9 Å². The van der Waals surface area contributed by atoms with Crippen molar-refractivity contribution in [1.82, 2.24) is 9.88 Å². The van der Waals surface area contributed by atoms with Gasteiger partial charge in [-0.3, -0.25) is 14.7 Å². The van der Waals surface area contributed by atoms with Crippen molar-refractivity contribution in [3.8, 4) is 11.5 Å². The summed E-state index contributed by atoms with van der Waals surface area (Å²) in [7, 11) is 0. The third kappa shape index (κ3) is 2.20. The third-order valence-corrected chi connectivity index (χ3v) is 4.68. The quantitative estimate of drug-likeness (QED) is 0.796. The number of fused-ring (bicyclic) bond motifs is 3. The second kappa shape index (κ2) is 5.18. The van der Waals surface area contributed by atoms with Gasteiger partial charge >= 0.3 is 0 Å². The average molecular weight is 320 g/mol. The van der Waals surface area contributed by atoms with E-state index in [0.29, 0.717) is 35.5 Å². The van der Waals surface area contributed by atoms with Gasteiger partial charge in [-0.1, -0.05) is 6.07 Å². The smallest absolute Gasteiger partial charge is 0.232 e. The van der Waals surface area contributed by atoms with Crippen LogP contribution in [0, 0.1) is 0 Å². The zero-order chi connectivity index (χ0) is 16.1. The fraction of sp³-hybridized carbons (Fsp3) is 0.263. The molecule has 0 radical (unpaired) electrons. The Bertz CT molecular complexity index is 856. The lowest BCUT2D eigenvalue weighted by Gasteiger charge is -2.29. The Balaban J connectivity index is 1.52. The molecule has 2 aromatic rings. The standard InChI is InChI=1S/C19H16N2O3/c22-18-14-6-7-16-15(10-21(11-23-16)13-4-5-13)19(14)24-17(18)9-12-3-1-2-8-20-12/h1-3,6-9,13H,4-5,10-11H2/b17-9-. The van der Waals surface area contributed by atoms with Crippen LogP contribution < -0.4 is 9.47 Å². The molecule has 5 rings (SSSR count). The van der Waals surface area contributed by atoms with E-state index in [1.807, 2.05) is 24.3 Å². The van der Waals surface area contributed by atoms with E-state index in [2.05, 4.69) is 9.88 Å². The lowest BCUT2D eigenvalue weighted by atomic mass is 10.0. The first-order chi connectivity index (χ1) is 11.8. The lowest BCUT2D eigenvalue weighted by Crippen LogP contribution is -2.33. The Morgan fingerprint density at radius 1 is 1.21 bits per heavy atom. The van der Waals surface area contributed by atoms with Crippen LogP contribution in [0.5, 0.6) is 11.5 Å². The summed E-state index contributed by atoms with van der Waals surface area (Å²) in [5.41, 5.74) is 2.29. The normalized spacial score (nSPS) is 21.2. The molecule has 0 N–H and O–H groups in total. The minimum Gasteiger partial charge on any atom is -0.478 e. The lowest BCUT2D eigenvalue weighted by molar-refractivity contribution is 0.0868. The summed E-state index contributed by atoms with van der Waals surface area (Å²) in [5, 5.41) is 0. The van der Waals surface area contributed by atoms with E-state index in [9.17, 15) is 4.79 Å². The first-order valence-corrected chi connectivity index (χ1v) is 8.17. The van der Waals surface area contributed by atoms with Crippen molar-refractivity contribution in [3.63, 3.8) is 0 Å². The highest BCUT2D eigenvalue weighted by Gasteiger charge is 2.37. The van der Waals surface area contributed by atoms with Crippen molar-refractivity contribution < 1.29 is 14.3 Å². The molecule has 1 aromatic heterocycles. The van der Waals surface area contributed by atoms with Crippen molar-refractivity contribution in [1.29, 1.82) is 0 Å². The molecule has 0 amide bonds. The highest BCUT2D eigenvalue weighted by molar-refractivity contribution is 6.14. The average Bonchev–Trinajstić information content (AvgIpc) is 3.42. The number of carbonyl (C=O) groups excluding carboxylic acids is 1. The van der Waals surface area contributed by atoms with Crippen molar-refractivity contribution in [2.75, 3.05) is 6.73 Å². The molecule has 5 heteroatoms. The molecule has 5 nitrogen and oxygen atoms in total. The molecule has 2 aliphatic heterocycles. The van der Waals surface area contributed by atoms with E-state index < -0.39 is 0 Å². The zero-order valence-electron chi connectivity index (χ0n) is 13.1. The summed E-state index contributed by atoms with van der Waals surface area (Å²) in [6, 6.07) is 9.85. The molecule has 1 aromatic carbocycles. The Labute approximate surface area is 139 Å². The summed E-state index contributed by atoms with van der Waals surface area (Å²) in [6.45, 7) is 1.38. The van der Waals surface area contributed by atoms with Crippen LogP contribution in [0.15, 0.2) is 42.3 Å². The molecule has 0 bridgehead atoms. The number of Topliss-reactive ketones (excluding diaryl/α,β-unsaturated/α-hetero) is 1. The summed E-state index contributed by atoms with van der Waals surface area (Å²) < 4.78 is 11.8. The number of carbonyl (C=O) groups is 1. The Kier molecular flexibility index (Phi) is 2.97. The summed E-state index contributed by atoms with van der Waals surface area (Å²) in [4.78, 5) is 19.2. The fourth-order valence-electron chi connectivity index (χ4n) is 3.25. The number of rotatable bonds is 2. The first-order valence-electron chi connectivity index (χ1n) is 8.17. The van der Waals surface area contributed by atoms with Gasteiger partial charge < -0.3 is 9.47 Å². The number of ketones is 1.